The van der Waals surface area contributed by atoms with Crippen molar-refractivity contribution < 1.29 is 0 Å². The molecule has 1 aliphatic rings. The van der Waals surface area contributed by atoms with Gasteiger partial charge >= 0.3 is 0 Å². The zero-order valence-electron chi connectivity index (χ0n) is 4.40. The molecule has 1 N–H and O–H groups in total. The van der Waals surface area contributed by atoms with Crippen LogP contribution < -0.4 is 5.32 Å². The average Bonchev–Trinajstić information content (AvgIpc) is 1.86. The average molecular weight is 164 g/mol. The third kappa shape index (κ3) is 1.97. The lowest BCUT2D eigenvalue weighted by Crippen LogP contribution is -2.03. The summed E-state index contributed by atoms with van der Waals surface area (Å²) in [6, 6.07) is 0. The summed E-state index contributed by atoms with van der Waals surface area (Å²) in [5.74, 6) is 0. The van der Waals surface area contributed by atoms with E-state index in [1.54, 1.807) is 0 Å². The van der Waals surface area contributed by atoms with Crippen LogP contribution in [0, 0.1) is 0 Å². The predicted octanol–water partition coefficient (Wildman–Crippen LogP) is 1.46. The topological polar surface area (TPSA) is 12.0 Å². The highest BCUT2D eigenvalue weighted by Crippen LogP contribution is 1.96. The molecule has 0 aliphatic carbocycles. The molecule has 0 radical (unpaired) electrons. The molecule has 1 aliphatic heterocycles. The smallest absolute Gasteiger partial charge is 0.0179 e. The van der Waals surface area contributed by atoms with Gasteiger partial charge in [-0.2, -0.15) is 0 Å². The van der Waals surface area contributed by atoms with Gasteiger partial charge in [0.25, 0.3) is 0 Å². The van der Waals surface area contributed by atoms with E-state index in [0.717, 1.165) is 6.54 Å². The Morgan fingerprint density at radius 1 is 1.71 bits per heavy atom. The van der Waals surface area contributed by atoms with E-state index in [2.05, 4.69) is 18.3 Å². The van der Waals surface area contributed by atoms with E-state index < -0.39 is 0 Å². The van der Waals surface area contributed by atoms with Gasteiger partial charge in [0.15, 0.2) is 0 Å². The molecule has 0 saturated carbocycles. The van der Waals surface area contributed by atoms with Crippen LogP contribution in [0.4, 0.5) is 0 Å². The van der Waals surface area contributed by atoms with Crippen molar-refractivity contribution in [2.75, 3.05) is 6.54 Å². The first-order chi connectivity index (χ1) is 2.89. The highest BCUT2D eigenvalue weighted by molar-refractivity contribution is 8.93. The summed E-state index contributed by atoms with van der Waals surface area (Å²) in [4.78, 5) is 0. The summed E-state index contributed by atoms with van der Waals surface area (Å²) in [5.41, 5.74) is 1.33. The van der Waals surface area contributed by atoms with E-state index >= 15 is 0 Å². The van der Waals surface area contributed by atoms with E-state index in [1.165, 1.54) is 12.1 Å². The molecule has 0 amide bonds. The van der Waals surface area contributed by atoms with Crippen LogP contribution in [0.1, 0.15) is 13.3 Å². The molecule has 0 unspecified atom stereocenters. The summed E-state index contributed by atoms with van der Waals surface area (Å²) >= 11 is 0. The Morgan fingerprint density at radius 2 is 2.43 bits per heavy atom. The summed E-state index contributed by atoms with van der Waals surface area (Å²) in [6.45, 7) is 3.23. The van der Waals surface area contributed by atoms with Crippen LogP contribution in [0.15, 0.2) is 11.8 Å². The van der Waals surface area contributed by atoms with Gasteiger partial charge in [0.2, 0.25) is 0 Å². The van der Waals surface area contributed by atoms with E-state index in [-0.39, 0.29) is 17.0 Å². The number of rotatable bonds is 0. The molecule has 0 aromatic rings. The molecular weight excluding hydrogens is 154 g/mol. The quantitative estimate of drug-likeness (QED) is 0.571. The van der Waals surface area contributed by atoms with Crippen LogP contribution in [0.3, 0.4) is 0 Å². The Bertz CT molecular complexity index is 78.1. The minimum absolute atomic E-state index is 0. The molecule has 0 spiro atoms. The molecule has 0 saturated heterocycles. The zero-order valence-corrected chi connectivity index (χ0v) is 6.11. The number of halogens is 1. The van der Waals surface area contributed by atoms with Crippen molar-refractivity contribution in [2.45, 2.75) is 13.3 Å². The molecule has 0 fully saturated rings. The first kappa shape index (κ1) is 7.02. The van der Waals surface area contributed by atoms with Crippen molar-refractivity contribution in [3.05, 3.63) is 11.8 Å². The van der Waals surface area contributed by atoms with E-state index in [4.69, 9.17) is 0 Å². The second-order valence-corrected chi connectivity index (χ2v) is 1.60. The lowest BCUT2D eigenvalue weighted by atomic mass is 10.4. The van der Waals surface area contributed by atoms with Gasteiger partial charge in [-0.15, -0.1) is 17.0 Å². The minimum atomic E-state index is 0. The van der Waals surface area contributed by atoms with Crippen LogP contribution in [0.25, 0.3) is 0 Å². The molecule has 7 heavy (non-hydrogen) atoms. The second kappa shape index (κ2) is 3.08. The fourth-order valence-corrected chi connectivity index (χ4v) is 0.630. The maximum atomic E-state index is 3.18. The Labute approximate surface area is 54.6 Å². The lowest BCUT2D eigenvalue weighted by Gasteiger charge is -1.88. The summed E-state index contributed by atoms with van der Waals surface area (Å²) in [6.07, 6.45) is 3.42. The van der Waals surface area contributed by atoms with Gasteiger partial charge in [-0.25, -0.2) is 0 Å². The summed E-state index contributed by atoms with van der Waals surface area (Å²) < 4.78 is 0. The van der Waals surface area contributed by atoms with Crippen LogP contribution in [0.5, 0.6) is 0 Å². The van der Waals surface area contributed by atoms with Crippen molar-refractivity contribution >= 4 is 17.0 Å². The SMILES string of the molecule is Br.CC1=CCCN1. The molecule has 42 valence electrons. The molecule has 1 heterocycles. The molecule has 0 aromatic carbocycles. The number of hydrogen-bond donors (Lipinski definition) is 1. The van der Waals surface area contributed by atoms with E-state index in [9.17, 15) is 0 Å². The monoisotopic (exact) mass is 163 g/mol. The van der Waals surface area contributed by atoms with Crippen molar-refractivity contribution in [1.82, 2.24) is 5.32 Å². The maximum absolute atomic E-state index is 3.18. The van der Waals surface area contributed by atoms with Gasteiger partial charge < -0.3 is 5.32 Å². The minimum Gasteiger partial charge on any atom is -0.389 e. The lowest BCUT2D eigenvalue weighted by molar-refractivity contribution is 0.876. The van der Waals surface area contributed by atoms with Gasteiger partial charge in [0, 0.05) is 12.2 Å². The van der Waals surface area contributed by atoms with Gasteiger partial charge in [-0.3, -0.25) is 0 Å². The third-order valence-electron chi connectivity index (χ3n) is 0.999. The van der Waals surface area contributed by atoms with Gasteiger partial charge in [0.05, 0.1) is 0 Å². The second-order valence-electron chi connectivity index (χ2n) is 1.60. The Balaban J connectivity index is 0.000000360. The normalized spacial score (nSPS) is 17.0. The first-order valence-electron chi connectivity index (χ1n) is 2.30. The van der Waals surface area contributed by atoms with E-state index in [0.29, 0.717) is 0 Å². The van der Waals surface area contributed by atoms with Crippen molar-refractivity contribution in [3.8, 4) is 0 Å². The fraction of sp³-hybridized carbons (Fsp3) is 0.600. The number of nitrogens with one attached hydrogen (secondary N) is 1. The van der Waals surface area contributed by atoms with Crippen LogP contribution in [-0.2, 0) is 0 Å². The number of hydrogen-bond acceptors (Lipinski definition) is 1. The zero-order chi connectivity index (χ0) is 4.41. The Kier molecular flexibility index (Phi) is 3.09. The van der Waals surface area contributed by atoms with Crippen LogP contribution >= 0.6 is 17.0 Å². The van der Waals surface area contributed by atoms with Crippen molar-refractivity contribution in [2.24, 2.45) is 0 Å². The standard InChI is InChI=1S/C5H9N.BrH/c1-5-3-2-4-6-5;/h3,6H,2,4H2,1H3;1H. The number of allylic oxidation sites excluding steroid dienone is 1. The van der Waals surface area contributed by atoms with Gasteiger partial charge in [-0.1, -0.05) is 6.08 Å². The van der Waals surface area contributed by atoms with Crippen molar-refractivity contribution in [1.29, 1.82) is 0 Å². The van der Waals surface area contributed by atoms with Gasteiger partial charge in [0.1, 0.15) is 0 Å². The largest absolute Gasteiger partial charge is 0.389 e. The highest BCUT2D eigenvalue weighted by Gasteiger charge is 1.92. The summed E-state index contributed by atoms with van der Waals surface area (Å²) in [5, 5.41) is 3.18. The Hall–Kier alpha value is 0.0200. The Morgan fingerprint density at radius 3 is 2.57 bits per heavy atom. The third-order valence-corrected chi connectivity index (χ3v) is 0.999. The first-order valence-corrected chi connectivity index (χ1v) is 2.30. The van der Waals surface area contributed by atoms with Crippen LogP contribution in [-0.4, -0.2) is 6.54 Å². The van der Waals surface area contributed by atoms with Crippen LogP contribution in [0.2, 0.25) is 0 Å². The van der Waals surface area contributed by atoms with Gasteiger partial charge in [-0.05, 0) is 13.3 Å². The maximum Gasteiger partial charge on any atom is 0.0179 e. The van der Waals surface area contributed by atoms with Crippen molar-refractivity contribution in [3.63, 3.8) is 0 Å². The molecule has 1 rings (SSSR count). The fourth-order valence-electron chi connectivity index (χ4n) is 0.630. The molecular formula is C5H10BrN. The molecule has 0 atom stereocenters. The summed E-state index contributed by atoms with van der Waals surface area (Å²) in [7, 11) is 0. The van der Waals surface area contributed by atoms with E-state index in [1.807, 2.05) is 0 Å². The molecule has 0 bridgehead atoms. The molecule has 1 nitrogen and oxygen atoms in total. The molecule has 2 heteroatoms. The highest BCUT2D eigenvalue weighted by atomic mass is 79.9. The predicted molar refractivity (Wildman–Crippen MR) is 36.7 cm³/mol. The molecule has 0 aromatic heterocycles.